The Labute approximate surface area is 122 Å². The number of hydrogen-bond acceptors (Lipinski definition) is 5. The van der Waals surface area contributed by atoms with Gasteiger partial charge in [0.25, 0.3) is 0 Å². The predicted octanol–water partition coefficient (Wildman–Crippen LogP) is 1.64. The first-order chi connectivity index (χ1) is 10.1. The van der Waals surface area contributed by atoms with Crippen LogP contribution >= 0.6 is 0 Å². The zero-order valence-electron chi connectivity index (χ0n) is 12.3. The van der Waals surface area contributed by atoms with Crippen molar-refractivity contribution in [3.63, 3.8) is 0 Å². The van der Waals surface area contributed by atoms with Gasteiger partial charge in [0.1, 0.15) is 0 Å². The SMILES string of the molecule is COC(=O)NN1C(=O)CCCc2cc(OC)c(OC)cc21. The minimum Gasteiger partial charge on any atom is -0.493 e. The number of rotatable bonds is 3. The molecule has 1 aliphatic rings. The van der Waals surface area contributed by atoms with E-state index in [9.17, 15) is 9.59 Å². The smallest absolute Gasteiger partial charge is 0.426 e. The Bertz CT molecular complexity index is 559. The van der Waals surface area contributed by atoms with Crippen LogP contribution in [-0.4, -0.2) is 33.3 Å². The summed E-state index contributed by atoms with van der Waals surface area (Å²) < 4.78 is 15.1. The van der Waals surface area contributed by atoms with Crippen LogP contribution in [0.1, 0.15) is 18.4 Å². The van der Waals surface area contributed by atoms with E-state index in [-0.39, 0.29) is 5.91 Å². The van der Waals surface area contributed by atoms with E-state index >= 15 is 0 Å². The third-order valence-electron chi connectivity index (χ3n) is 3.30. The Morgan fingerprint density at radius 1 is 1.14 bits per heavy atom. The topological polar surface area (TPSA) is 77.1 Å². The van der Waals surface area contributed by atoms with Crippen LogP contribution in [0.15, 0.2) is 12.1 Å². The molecule has 1 aromatic rings. The molecule has 21 heavy (non-hydrogen) atoms. The lowest BCUT2D eigenvalue weighted by Gasteiger charge is -2.23. The van der Waals surface area contributed by atoms with E-state index in [2.05, 4.69) is 10.2 Å². The third-order valence-corrected chi connectivity index (χ3v) is 3.30. The van der Waals surface area contributed by atoms with Crippen molar-refractivity contribution in [1.29, 1.82) is 0 Å². The summed E-state index contributed by atoms with van der Waals surface area (Å²) in [5, 5.41) is 1.20. The maximum Gasteiger partial charge on any atom is 0.426 e. The van der Waals surface area contributed by atoms with Gasteiger partial charge in [0.15, 0.2) is 11.5 Å². The van der Waals surface area contributed by atoms with E-state index in [1.165, 1.54) is 19.2 Å². The fourth-order valence-electron chi connectivity index (χ4n) is 2.25. The molecule has 114 valence electrons. The number of fused-ring (bicyclic) bond motifs is 1. The normalized spacial score (nSPS) is 14.0. The molecule has 1 aliphatic heterocycles. The molecular formula is C14H18N2O5. The molecule has 0 saturated heterocycles. The van der Waals surface area contributed by atoms with Crippen molar-refractivity contribution >= 4 is 17.7 Å². The molecule has 0 atom stereocenters. The molecular weight excluding hydrogens is 276 g/mol. The molecule has 0 aliphatic carbocycles. The van der Waals surface area contributed by atoms with Gasteiger partial charge in [-0.15, -0.1) is 0 Å². The minimum absolute atomic E-state index is 0.202. The Hall–Kier alpha value is -2.44. The Morgan fingerprint density at radius 2 is 1.81 bits per heavy atom. The summed E-state index contributed by atoms with van der Waals surface area (Å²) in [4.78, 5) is 23.6. The predicted molar refractivity (Wildman–Crippen MR) is 75.5 cm³/mol. The van der Waals surface area contributed by atoms with Crippen molar-refractivity contribution in [3.05, 3.63) is 17.7 Å². The summed E-state index contributed by atoms with van der Waals surface area (Å²) in [5.41, 5.74) is 3.90. The zero-order valence-corrected chi connectivity index (χ0v) is 12.3. The van der Waals surface area contributed by atoms with Gasteiger partial charge in [-0.25, -0.2) is 15.2 Å². The number of nitrogens with one attached hydrogen (secondary N) is 1. The van der Waals surface area contributed by atoms with Crippen LogP contribution in [0.25, 0.3) is 0 Å². The van der Waals surface area contributed by atoms with Gasteiger partial charge in [0.2, 0.25) is 5.91 Å². The van der Waals surface area contributed by atoms with E-state index in [4.69, 9.17) is 9.47 Å². The number of amides is 2. The van der Waals surface area contributed by atoms with Crippen molar-refractivity contribution < 1.29 is 23.8 Å². The lowest BCUT2D eigenvalue weighted by Crippen LogP contribution is -2.46. The molecule has 2 amide bonds. The lowest BCUT2D eigenvalue weighted by molar-refractivity contribution is -0.119. The van der Waals surface area contributed by atoms with Crippen LogP contribution in [0, 0.1) is 0 Å². The summed E-state index contributed by atoms with van der Waals surface area (Å²) in [6.45, 7) is 0. The van der Waals surface area contributed by atoms with E-state index in [1.54, 1.807) is 13.2 Å². The number of nitrogens with zero attached hydrogens (tertiary/aromatic N) is 1. The molecule has 7 nitrogen and oxygen atoms in total. The molecule has 1 heterocycles. The summed E-state index contributed by atoms with van der Waals surface area (Å²) in [5.74, 6) is 0.873. The quantitative estimate of drug-likeness (QED) is 0.917. The van der Waals surface area contributed by atoms with Crippen molar-refractivity contribution in [1.82, 2.24) is 5.43 Å². The highest BCUT2D eigenvalue weighted by molar-refractivity contribution is 5.97. The summed E-state index contributed by atoms with van der Waals surface area (Å²) >= 11 is 0. The zero-order chi connectivity index (χ0) is 15.4. The standard InChI is InChI=1S/C14H18N2O5/c1-19-11-7-9-5-4-6-13(17)16(15-14(18)21-3)10(9)8-12(11)20-2/h7-8H,4-6H2,1-3H3,(H,15,18). The molecule has 0 fully saturated rings. The molecule has 1 aromatic carbocycles. The number of carbonyl (C=O) groups excluding carboxylic acids is 2. The van der Waals surface area contributed by atoms with Crippen molar-refractivity contribution in [2.24, 2.45) is 0 Å². The molecule has 1 N–H and O–H groups in total. The average molecular weight is 294 g/mol. The summed E-state index contributed by atoms with van der Waals surface area (Å²) in [6.07, 6.45) is 1.04. The van der Waals surface area contributed by atoms with Crippen LogP contribution in [0.4, 0.5) is 10.5 Å². The molecule has 0 saturated carbocycles. The van der Waals surface area contributed by atoms with Gasteiger partial charge in [-0.2, -0.15) is 0 Å². The van der Waals surface area contributed by atoms with Gasteiger partial charge in [-0.3, -0.25) is 4.79 Å². The van der Waals surface area contributed by atoms with Crippen LogP contribution in [0.2, 0.25) is 0 Å². The average Bonchev–Trinajstić information content (AvgIpc) is 2.65. The van der Waals surface area contributed by atoms with Crippen molar-refractivity contribution in [3.8, 4) is 11.5 Å². The van der Waals surface area contributed by atoms with Crippen LogP contribution in [0.3, 0.4) is 0 Å². The first-order valence-electron chi connectivity index (χ1n) is 6.53. The number of aryl methyl sites for hydroxylation is 1. The minimum atomic E-state index is -0.703. The van der Waals surface area contributed by atoms with E-state index in [0.717, 1.165) is 5.56 Å². The molecule has 2 rings (SSSR count). The molecule has 0 unspecified atom stereocenters. The fraction of sp³-hybridized carbons (Fsp3) is 0.429. The van der Waals surface area contributed by atoms with Crippen LogP contribution in [0.5, 0.6) is 11.5 Å². The van der Waals surface area contributed by atoms with Crippen molar-refractivity contribution in [2.45, 2.75) is 19.3 Å². The van der Waals surface area contributed by atoms with Crippen LogP contribution in [-0.2, 0) is 16.0 Å². The largest absolute Gasteiger partial charge is 0.493 e. The maximum atomic E-state index is 12.2. The number of ether oxygens (including phenoxy) is 3. The Morgan fingerprint density at radius 3 is 2.43 bits per heavy atom. The first-order valence-corrected chi connectivity index (χ1v) is 6.53. The number of hydrazine groups is 1. The molecule has 0 aromatic heterocycles. The van der Waals surface area contributed by atoms with Gasteiger partial charge in [0.05, 0.1) is 27.0 Å². The van der Waals surface area contributed by atoms with Crippen LogP contribution < -0.4 is 19.9 Å². The maximum absolute atomic E-state index is 12.2. The van der Waals surface area contributed by atoms with Gasteiger partial charge < -0.3 is 14.2 Å². The second kappa shape index (κ2) is 6.34. The third kappa shape index (κ3) is 3.01. The second-order valence-corrected chi connectivity index (χ2v) is 4.52. The monoisotopic (exact) mass is 294 g/mol. The summed E-state index contributed by atoms with van der Waals surface area (Å²) in [7, 11) is 4.31. The number of carbonyl (C=O) groups is 2. The number of anilines is 1. The van der Waals surface area contributed by atoms with Gasteiger partial charge >= 0.3 is 6.09 Å². The van der Waals surface area contributed by atoms with E-state index < -0.39 is 6.09 Å². The second-order valence-electron chi connectivity index (χ2n) is 4.52. The highest BCUT2D eigenvalue weighted by Gasteiger charge is 2.26. The van der Waals surface area contributed by atoms with Gasteiger partial charge in [-0.1, -0.05) is 0 Å². The van der Waals surface area contributed by atoms with E-state index in [0.29, 0.717) is 36.4 Å². The molecule has 0 spiro atoms. The summed E-state index contributed by atoms with van der Waals surface area (Å²) in [6, 6.07) is 3.49. The molecule has 0 bridgehead atoms. The first kappa shape index (κ1) is 15.0. The van der Waals surface area contributed by atoms with E-state index in [1.807, 2.05) is 6.07 Å². The highest BCUT2D eigenvalue weighted by atomic mass is 16.5. The molecule has 7 heteroatoms. The number of benzene rings is 1. The lowest BCUT2D eigenvalue weighted by atomic mass is 10.1. The van der Waals surface area contributed by atoms with Gasteiger partial charge in [0, 0.05) is 12.5 Å². The fourth-order valence-corrected chi connectivity index (χ4v) is 2.25. The number of methoxy groups -OCH3 is 3. The highest BCUT2D eigenvalue weighted by Crippen LogP contribution is 2.37. The Kier molecular flexibility index (Phi) is 4.52. The van der Waals surface area contributed by atoms with Crippen molar-refractivity contribution in [2.75, 3.05) is 26.3 Å². The number of hydrogen-bond donors (Lipinski definition) is 1. The molecule has 0 radical (unpaired) electrons. The van der Waals surface area contributed by atoms with Gasteiger partial charge in [-0.05, 0) is 24.5 Å². The Balaban J connectivity index is 2.48.